The fourth-order valence-electron chi connectivity index (χ4n) is 2.36. The van der Waals surface area contributed by atoms with E-state index < -0.39 is 0 Å². The predicted octanol–water partition coefficient (Wildman–Crippen LogP) is 2.84. The van der Waals surface area contributed by atoms with Crippen molar-refractivity contribution < 1.29 is 4.74 Å². The first kappa shape index (κ1) is 17.0. The largest absolute Gasteiger partial charge is 0.494 e. The maximum Gasteiger partial charge on any atom is 0.235 e. The molecule has 0 aliphatic rings. The second-order valence-corrected chi connectivity index (χ2v) is 5.65. The van der Waals surface area contributed by atoms with Gasteiger partial charge in [0, 0.05) is 32.0 Å². The molecule has 2 aromatic heterocycles. The maximum absolute atomic E-state index is 5.96. The number of halogens is 1. The Balaban J connectivity index is 1.99. The first-order valence-corrected chi connectivity index (χ1v) is 7.91. The fourth-order valence-corrected chi connectivity index (χ4v) is 2.51. The zero-order valence-corrected chi connectivity index (χ0v) is 15.1. The van der Waals surface area contributed by atoms with Crippen LogP contribution in [0.3, 0.4) is 0 Å². The van der Waals surface area contributed by atoms with Gasteiger partial charge in [-0.05, 0) is 30.7 Å². The topological polar surface area (TPSA) is 81.0 Å². The van der Waals surface area contributed by atoms with Crippen LogP contribution in [0.1, 0.15) is 5.69 Å². The van der Waals surface area contributed by atoms with Crippen LogP contribution in [0.15, 0.2) is 30.7 Å². The molecule has 8 nitrogen and oxygen atoms in total. The van der Waals surface area contributed by atoms with E-state index in [0.717, 1.165) is 17.1 Å². The zero-order chi connectivity index (χ0) is 18.0. The molecular weight excluding hydrogens is 342 g/mol. The van der Waals surface area contributed by atoms with Crippen molar-refractivity contribution >= 4 is 29.2 Å². The molecule has 0 unspecified atom stereocenters. The van der Waals surface area contributed by atoms with Gasteiger partial charge in [-0.25, -0.2) is 4.98 Å². The van der Waals surface area contributed by atoms with E-state index in [1.165, 1.54) is 0 Å². The third-order valence-electron chi connectivity index (χ3n) is 3.66. The normalized spacial score (nSPS) is 10.6. The summed E-state index contributed by atoms with van der Waals surface area (Å²) in [6.45, 7) is 1.94. The summed E-state index contributed by atoms with van der Waals surface area (Å²) >= 11 is 5.96. The summed E-state index contributed by atoms with van der Waals surface area (Å²) in [4.78, 5) is 18.5. The van der Waals surface area contributed by atoms with Gasteiger partial charge >= 0.3 is 0 Å². The third-order valence-corrected chi connectivity index (χ3v) is 3.83. The summed E-state index contributed by atoms with van der Waals surface area (Å²) < 4.78 is 7.45. The smallest absolute Gasteiger partial charge is 0.235 e. The van der Waals surface area contributed by atoms with Crippen molar-refractivity contribution in [3.05, 3.63) is 41.7 Å². The molecule has 0 amide bonds. The van der Waals surface area contributed by atoms with Gasteiger partial charge in [-0.3, -0.25) is 0 Å². The Bertz CT molecular complexity index is 896. The Morgan fingerprint density at radius 1 is 1.24 bits per heavy atom. The summed E-state index contributed by atoms with van der Waals surface area (Å²) in [6, 6.07) is 5.80. The van der Waals surface area contributed by atoms with Crippen LogP contribution in [0.5, 0.6) is 5.75 Å². The molecule has 1 N–H and O–H groups in total. The first-order chi connectivity index (χ1) is 12.0. The summed E-state index contributed by atoms with van der Waals surface area (Å²) in [5, 5.41) is 2.99. The van der Waals surface area contributed by atoms with E-state index in [1.54, 1.807) is 25.4 Å². The number of nitrogens with one attached hydrogen (secondary N) is 1. The molecule has 25 heavy (non-hydrogen) atoms. The van der Waals surface area contributed by atoms with Crippen LogP contribution in [0, 0.1) is 6.92 Å². The van der Waals surface area contributed by atoms with Crippen LogP contribution in [0.25, 0.3) is 5.69 Å². The van der Waals surface area contributed by atoms with Crippen molar-refractivity contribution in [1.82, 2.24) is 24.5 Å². The van der Waals surface area contributed by atoms with E-state index in [1.807, 2.05) is 42.9 Å². The molecule has 1 aromatic carbocycles. The summed E-state index contributed by atoms with van der Waals surface area (Å²) in [6.07, 6.45) is 3.69. The molecule has 0 spiro atoms. The molecule has 0 aliphatic carbocycles. The van der Waals surface area contributed by atoms with Crippen LogP contribution >= 0.6 is 11.6 Å². The van der Waals surface area contributed by atoms with Crippen molar-refractivity contribution in [2.75, 3.05) is 31.4 Å². The standard InChI is InChI=1S/C16H18ClN7O/c1-10-8-24(9-19-10)12-6-5-11(7-13(12)25-4)23(3)16-21-14(17)20-15(18-2)22-16/h5-9H,1-4H3,(H,18,20,21,22). The molecule has 0 bridgehead atoms. The van der Waals surface area contributed by atoms with Crippen molar-refractivity contribution in [2.45, 2.75) is 6.92 Å². The van der Waals surface area contributed by atoms with Gasteiger partial charge in [0.2, 0.25) is 17.2 Å². The van der Waals surface area contributed by atoms with Gasteiger partial charge in [0.1, 0.15) is 5.75 Å². The van der Waals surface area contributed by atoms with Crippen LogP contribution in [-0.2, 0) is 0 Å². The van der Waals surface area contributed by atoms with E-state index in [4.69, 9.17) is 16.3 Å². The van der Waals surface area contributed by atoms with Gasteiger partial charge < -0.3 is 19.5 Å². The second-order valence-electron chi connectivity index (χ2n) is 5.32. The number of aromatic nitrogens is 5. The van der Waals surface area contributed by atoms with E-state index >= 15 is 0 Å². The van der Waals surface area contributed by atoms with Crippen LogP contribution in [0.2, 0.25) is 5.28 Å². The predicted molar refractivity (Wildman–Crippen MR) is 97.3 cm³/mol. The van der Waals surface area contributed by atoms with Crippen LogP contribution in [-0.4, -0.2) is 45.7 Å². The molecular formula is C16H18ClN7O. The lowest BCUT2D eigenvalue weighted by Crippen LogP contribution is -2.15. The molecule has 0 aliphatic heterocycles. The molecule has 9 heteroatoms. The Morgan fingerprint density at radius 2 is 2.04 bits per heavy atom. The average Bonchev–Trinajstić information content (AvgIpc) is 3.06. The summed E-state index contributed by atoms with van der Waals surface area (Å²) in [5.74, 6) is 1.53. The minimum absolute atomic E-state index is 0.124. The molecule has 130 valence electrons. The number of nitrogens with zero attached hydrogens (tertiary/aromatic N) is 6. The Kier molecular flexibility index (Phi) is 4.71. The molecule has 0 saturated heterocycles. The van der Waals surface area contributed by atoms with E-state index in [-0.39, 0.29) is 5.28 Å². The van der Waals surface area contributed by atoms with Gasteiger partial charge in [-0.2, -0.15) is 15.0 Å². The minimum atomic E-state index is 0.124. The van der Waals surface area contributed by atoms with Crippen molar-refractivity contribution in [3.8, 4) is 11.4 Å². The highest BCUT2D eigenvalue weighted by Crippen LogP contribution is 2.31. The highest BCUT2D eigenvalue weighted by Gasteiger charge is 2.14. The maximum atomic E-state index is 5.96. The number of anilines is 3. The Hall–Kier alpha value is -2.87. The van der Waals surface area contributed by atoms with E-state index in [9.17, 15) is 0 Å². The van der Waals surface area contributed by atoms with Crippen molar-refractivity contribution in [3.63, 3.8) is 0 Å². The lowest BCUT2D eigenvalue weighted by molar-refractivity contribution is 0.413. The fraction of sp³-hybridized carbons (Fsp3) is 0.250. The first-order valence-electron chi connectivity index (χ1n) is 7.54. The SMILES string of the molecule is CNc1nc(Cl)nc(N(C)c2ccc(-n3cnc(C)c3)c(OC)c2)n1. The van der Waals surface area contributed by atoms with E-state index in [2.05, 4.69) is 25.3 Å². The molecule has 0 atom stereocenters. The molecule has 0 fully saturated rings. The van der Waals surface area contributed by atoms with Gasteiger partial charge in [0.15, 0.2) is 0 Å². The lowest BCUT2D eigenvalue weighted by atomic mass is 10.2. The summed E-state index contributed by atoms with van der Waals surface area (Å²) in [7, 11) is 5.20. The van der Waals surface area contributed by atoms with Crippen molar-refractivity contribution in [2.24, 2.45) is 0 Å². The monoisotopic (exact) mass is 359 g/mol. The molecule has 2 heterocycles. The quantitative estimate of drug-likeness (QED) is 0.750. The highest BCUT2D eigenvalue weighted by atomic mass is 35.5. The molecule has 3 aromatic rings. The number of rotatable bonds is 5. The third kappa shape index (κ3) is 3.48. The zero-order valence-electron chi connectivity index (χ0n) is 14.4. The average molecular weight is 360 g/mol. The second kappa shape index (κ2) is 6.94. The molecule has 0 radical (unpaired) electrons. The number of methoxy groups -OCH3 is 1. The number of aryl methyl sites for hydroxylation is 1. The van der Waals surface area contributed by atoms with Crippen molar-refractivity contribution in [1.29, 1.82) is 0 Å². The Morgan fingerprint density at radius 3 is 2.68 bits per heavy atom. The van der Waals surface area contributed by atoms with Crippen LogP contribution < -0.4 is 15.0 Å². The molecule has 0 saturated carbocycles. The number of ether oxygens (including phenoxy) is 1. The Labute approximate surface area is 150 Å². The van der Waals surface area contributed by atoms with Gasteiger partial charge in [-0.15, -0.1) is 0 Å². The highest BCUT2D eigenvalue weighted by molar-refractivity contribution is 6.28. The number of benzene rings is 1. The number of hydrogen-bond acceptors (Lipinski definition) is 7. The molecule has 3 rings (SSSR count). The van der Waals surface area contributed by atoms with Gasteiger partial charge in [0.25, 0.3) is 0 Å². The van der Waals surface area contributed by atoms with Gasteiger partial charge in [0.05, 0.1) is 24.8 Å². The number of imidazole rings is 1. The summed E-state index contributed by atoms with van der Waals surface area (Å²) in [5.41, 5.74) is 2.68. The van der Waals surface area contributed by atoms with Gasteiger partial charge in [-0.1, -0.05) is 0 Å². The minimum Gasteiger partial charge on any atom is -0.494 e. The number of hydrogen-bond donors (Lipinski definition) is 1. The van der Waals surface area contributed by atoms with E-state index in [0.29, 0.717) is 17.6 Å². The van der Waals surface area contributed by atoms with Crippen LogP contribution in [0.4, 0.5) is 17.6 Å². The lowest BCUT2D eigenvalue weighted by Gasteiger charge is -2.19.